The van der Waals surface area contributed by atoms with E-state index in [1.165, 1.54) is 12.1 Å². The molecule has 0 fully saturated rings. The van der Waals surface area contributed by atoms with Gasteiger partial charge in [0.25, 0.3) is 0 Å². The van der Waals surface area contributed by atoms with Crippen molar-refractivity contribution in [3.8, 4) is 5.75 Å². The van der Waals surface area contributed by atoms with E-state index in [1.807, 2.05) is 20.8 Å². The van der Waals surface area contributed by atoms with Crippen LogP contribution in [0.25, 0.3) is 0 Å². The van der Waals surface area contributed by atoms with Crippen LogP contribution in [0.15, 0.2) is 18.2 Å². The molecule has 1 aromatic rings. The van der Waals surface area contributed by atoms with E-state index in [0.29, 0.717) is 25.6 Å². The largest absolute Gasteiger partial charge is 0.492 e. The molecule has 0 aliphatic rings. The Morgan fingerprint density at radius 1 is 1.29 bits per heavy atom. The maximum atomic E-state index is 13.1. The number of hydrogen-bond donors (Lipinski definition) is 1. The number of rotatable bonds is 7. The summed E-state index contributed by atoms with van der Waals surface area (Å²) in [6.07, 6.45) is 0. The average molecular weight is 241 g/mol. The first-order valence-corrected chi connectivity index (χ1v) is 5.94. The number of benzene rings is 1. The van der Waals surface area contributed by atoms with Gasteiger partial charge in [-0.1, -0.05) is 0 Å². The maximum absolute atomic E-state index is 13.1. The van der Waals surface area contributed by atoms with Gasteiger partial charge in [-0.25, -0.2) is 4.39 Å². The smallest absolute Gasteiger partial charge is 0.145 e. The summed E-state index contributed by atoms with van der Waals surface area (Å²) in [4.78, 5) is 0. The Bertz CT molecular complexity index is 344. The van der Waals surface area contributed by atoms with Crippen molar-refractivity contribution in [1.82, 2.24) is 0 Å². The van der Waals surface area contributed by atoms with Crippen LogP contribution in [0.1, 0.15) is 20.8 Å². The molecule has 0 bridgehead atoms. The molecule has 4 heteroatoms. The zero-order valence-corrected chi connectivity index (χ0v) is 10.6. The summed E-state index contributed by atoms with van der Waals surface area (Å²) in [6, 6.07) is 4.64. The van der Waals surface area contributed by atoms with Crippen molar-refractivity contribution in [2.24, 2.45) is 0 Å². The van der Waals surface area contributed by atoms with Crippen molar-refractivity contribution in [2.75, 3.05) is 25.1 Å². The molecule has 0 radical (unpaired) electrons. The number of hydrogen-bond acceptors (Lipinski definition) is 3. The molecule has 0 saturated carbocycles. The highest BCUT2D eigenvalue weighted by Gasteiger charge is 2.08. The van der Waals surface area contributed by atoms with Crippen molar-refractivity contribution < 1.29 is 13.9 Å². The summed E-state index contributed by atoms with van der Waals surface area (Å²) in [5.74, 6) is 0.243. The molecule has 1 unspecified atom stereocenters. The summed E-state index contributed by atoms with van der Waals surface area (Å²) < 4.78 is 23.8. The van der Waals surface area contributed by atoms with Gasteiger partial charge in [0, 0.05) is 18.7 Å². The van der Waals surface area contributed by atoms with Crippen LogP contribution >= 0.6 is 0 Å². The van der Waals surface area contributed by atoms with Crippen LogP contribution in [-0.2, 0) is 4.74 Å². The first-order chi connectivity index (χ1) is 8.17. The Labute approximate surface area is 102 Å². The van der Waals surface area contributed by atoms with Gasteiger partial charge in [0.05, 0.1) is 18.9 Å². The van der Waals surface area contributed by atoms with Crippen molar-refractivity contribution >= 4 is 5.69 Å². The van der Waals surface area contributed by atoms with E-state index < -0.39 is 0 Å². The second-order valence-electron chi connectivity index (χ2n) is 3.78. The van der Waals surface area contributed by atoms with Gasteiger partial charge in [-0.15, -0.1) is 0 Å². The van der Waals surface area contributed by atoms with Gasteiger partial charge >= 0.3 is 0 Å². The van der Waals surface area contributed by atoms with Gasteiger partial charge in [0.1, 0.15) is 11.6 Å². The Morgan fingerprint density at radius 3 is 2.71 bits per heavy atom. The summed E-state index contributed by atoms with van der Waals surface area (Å²) in [5, 5.41) is 3.24. The fourth-order valence-corrected chi connectivity index (χ4v) is 1.49. The van der Waals surface area contributed by atoms with E-state index in [2.05, 4.69) is 5.32 Å². The number of halogens is 1. The molecule has 0 saturated heterocycles. The zero-order valence-electron chi connectivity index (χ0n) is 10.6. The standard InChI is InChI=1S/C13H20FNO2/c1-4-16-9-10(3)15-12-7-6-11(14)8-13(12)17-5-2/h6-8,10,15H,4-5,9H2,1-3H3. The Morgan fingerprint density at radius 2 is 2.06 bits per heavy atom. The predicted molar refractivity (Wildman–Crippen MR) is 67.1 cm³/mol. The molecule has 17 heavy (non-hydrogen) atoms. The van der Waals surface area contributed by atoms with Crippen LogP contribution < -0.4 is 10.1 Å². The highest BCUT2D eigenvalue weighted by molar-refractivity contribution is 5.57. The maximum Gasteiger partial charge on any atom is 0.145 e. The summed E-state index contributed by atoms with van der Waals surface area (Å²) >= 11 is 0. The molecule has 0 aliphatic carbocycles. The molecular weight excluding hydrogens is 221 g/mol. The van der Waals surface area contributed by atoms with Crippen LogP contribution in [0.4, 0.5) is 10.1 Å². The molecular formula is C13H20FNO2. The third-order valence-electron chi connectivity index (χ3n) is 2.22. The Kier molecular flexibility index (Phi) is 5.77. The van der Waals surface area contributed by atoms with E-state index in [9.17, 15) is 4.39 Å². The van der Waals surface area contributed by atoms with Crippen molar-refractivity contribution in [3.05, 3.63) is 24.0 Å². The van der Waals surface area contributed by atoms with E-state index in [4.69, 9.17) is 9.47 Å². The van der Waals surface area contributed by atoms with Gasteiger partial charge in [-0.3, -0.25) is 0 Å². The van der Waals surface area contributed by atoms with Gasteiger partial charge in [0.15, 0.2) is 0 Å². The SMILES string of the molecule is CCOCC(C)Nc1ccc(F)cc1OCC. The van der Waals surface area contributed by atoms with Crippen LogP contribution in [0.2, 0.25) is 0 Å². The lowest BCUT2D eigenvalue weighted by Gasteiger charge is -2.17. The van der Waals surface area contributed by atoms with Crippen molar-refractivity contribution in [3.63, 3.8) is 0 Å². The first-order valence-electron chi connectivity index (χ1n) is 5.94. The molecule has 0 aliphatic heterocycles. The van der Waals surface area contributed by atoms with Gasteiger partial charge in [-0.05, 0) is 32.9 Å². The molecule has 1 N–H and O–H groups in total. The molecule has 0 spiro atoms. The van der Waals surface area contributed by atoms with Gasteiger partial charge in [-0.2, -0.15) is 0 Å². The monoisotopic (exact) mass is 241 g/mol. The third-order valence-corrected chi connectivity index (χ3v) is 2.22. The van der Waals surface area contributed by atoms with E-state index >= 15 is 0 Å². The van der Waals surface area contributed by atoms with Crippen LogP contribution in [0.5, 0.6) is 5.75 Å². The second kappa shape index (κ2) is 7.12. The van der Waals surface area contributed by atoms with Crippen LogP contribution in [-0.4, -0.2) is 25.9 Å². The van der Waals surface area contributed by atoms with E-state index in [1.54, 1.807) is 6.07 Å². The summed E-state index contributed by atoms with van der Waals surface area (Å²) in [6.45, 7) is 7.65. The van der Waals surface area contributed by atoms with Crippen molar-refractivity contribution in [2.45, 2.75) is 26.8 Å². The lowest BCUT2D eigenvalue weighted by molar-refractivity contribution is 0.141. The van der Waals surface area contributed by atoms with Gasteiger partial charge in [0.2, 0.25) is 0 Å². The minimum absolute atomic E-state index is 0.152. The highest BCUT2D eigenvalue weighted by Crippen LogP contribution is 2.26. The topological polar surface area (TPSA) is 30.5 Å². The quantitative estimate of drug-likeness (QED) is 0.795. The minimum Gasteiger partial charge on any atom is -0.492 e. The molecule has 1 atom stereocenters. The second-order valence-corrected chi connectivity index (χ2v) is 3.78. The summed E-state index contributed by atoms with van der Waals surface area (Å²) in [7, 11) is 0. The molecule has 0 aromatic heterocycles. The molecule has 1 aromatic carbocycles. The minimum atomic E-state index is -0.295. The Balaban J connectivity index is 2.68. The number of ether oxygens (including phenoxy) is 2. The van der Waals surface area contributed by atoms with E-state index in [-0.39, 0.29) is 11.9 Å². The predicted octanol–water partition coefficient (Wildman–Crippen LogP) is 3.06. The molecule has 96 valence electrons. The van der Waals surface area contributed by atoms with E-state index in [0.717, 1.165) is 5.69 Å². The molecule has 0 heterocycles. The number of nitrogens with one attached hydrogen (secondary N) is 1. The molecule has 3 nitrogen and oxygen atoms in total. The normalized spacial score (nSPS) is 12.2. The fraction of sp³-hybridized carbons (Fsp3) is 0.538. The number of anilines is 1. The van der Waals surface area contributed by atoms with Crippen LogP contribution in [0, 0.1) is 5.82 Å². The zero-order chi connectivity index (χ0) is 12.7. The highest BCUT2D eigenvalue weighted by atomic mass is 19.1. The Hall–Kier alpha value is -1.29. The first kappa shape index (κ1) is 13.8. The molecule has 0 amide bonds. The third kappa shape index (κ3) is 4.61. The molecule has 1 rings (SSSR count). The van der Waals surface area contributed by atoms with Crippen molar-refractivity contribution in [1.29, 1.82) is 0 Å². The summed E-state index contributed by atoms with van der Waals surface area (Å²) in [5.41, 5.74) is 0.792. The average Bonchev–Trinajstić information content (AvgIpc) is 2.30. The fourth-order valence-electron chi connectivity index (χ4n) is 1.49. The van der Waals surface area contributed by atoms with Crippen LogP contribution in [0.3, 0.4) is 0 Å². The van der Waals surface area contributed by atoms with Gasteiger partial charge < -0.3 is 14.8 Å². The lowest BCUT2D eigenvalue weighted by atomic mass is 10.2. The lowest BCUT2D eigenvalue weighted by Crippen LogP contribution is -2.22.